The summed E-state index contributed by atoms with van der Waals surface area (Å²) in [7, 11) is 0. The maximum absolute atomic E-state index is 4.75. The summed E-state index contributed by atoms with van der Waals surface area (Å²) in [5, 5.41) is 7.36. The minimum atomic E-state index is 0.316. The zero-order valence-electron chi connectivity index (χ0n) is 26.7. The standard InChI is InChI=1S/C41H40N6/c1-2-15-41(14-1)16-13-31-29(23-3-7-25(8-4-23)36-21-42-39(46-36)34-19-27-17-32(27)44-34)11-12-30(38(31)41)24-5-9-26(10-6-24)37-22-43-40(47-37)35-20-28-18-33(28)45-35/h3-12,18,21-22,27,32-35,44-45H,1-2,13-17,19-20H2,(H,42,46)(H,43,47)/t27?,32?,33?,34-,35-/m0/s1. The molecule has 4 N–H and O–H groups in total. The van der Waals surface area contributed by atoms with Crippen molar-refractivity contribution in [1.82, 2.24) is 30.6 Å². The van der Waals surface area contributed by atoms with Gasteiger partial charge in [-0.25, -0.2) is 9.97 Å². The van der Waals surface area contributed by atoms with E-state index in [0.717, 1.165) is 41.4 Å². The van der Waals surface area contributed by atoms with Gasteiger partial charge in [0, 0.05) is 12.1 Å². The Hall–Kier alpha value is -4.26. The van der Waals surface area contributed by atoms with Gasteiger partial charge >= 0.3 is 0 Å². The highest BCUT2D eigenvalue weighted by molar-refractivity contribution is 5.81. The number of hydrogen-bond donors (Lipinski definition) is 4. The van der Waals surface area contributed by atoms with Crippen molar-refractivity contribution in [2.75, 3.05) is 0 Å². The number of aromatic amines is 2. The topological polar surface area (TPSA) is 81.4 Å². The molecule has 4 aliphatic carbocycles. The highest BCUT2D eigenvalue weighted by Crippen LogP contribution is 2.55. The summed E-state index contributed by atoms with van der Waals surface area (Å²) in [6.07, 6.45) is 17.7. The molecular formula is C41H40N6. The monoisotopic (exact) mass is 616 g/mol. The molecule has 4 heterocycles. The maximum Gasteiger partial charge on any atom is 0.124 e. The van der Waals surface area contributed by atoms with E-state index in [1.165, 1.54) is 90.3 Å². The Balaban J connectivity index is 0.898. The number of nitrogens with zero attached hydrogens (tertiary/aromatic N) is 2. The number of imidazole rings is 2. The average molecular weight is 617 g/mol. The van der Waals surface area contributed by atoms with E-state index in [2.05, 4.69) is 87.3 Å². The number of piperidine rings is 1. The van der Waals surface area contributed by atoms with Crippen molar-refractivity contribution < 1.29 is 0 Å². The summed E-state index contributed by atoms with van der Waals surface area (Å²) < 4.78 is 0. The predicted octanol–water partition coefficient (Wildman–Crippen LogP) is 8.32. The molecule has 47 heavy (non-hydrogen) atoms. The molecule has 2 saturated heterocycles. The minimum Gasteiger partial charge on any atom is -0.341 e. The first-order chi connectivity index (χ1) is 23.2. The van der Waals surface area contributed by atoms with Gasteiger partial charge in [0.05, 0.1) is 35.9 Å². The van der Waals surface area contributed by atoms with E-state index < -0.39 is 0 Å². The van der Waals surface area contributed by atoms with Gasteiger partial charge in [-0.2, -0.15) is 0 Å². The van der Waals surface area contributed by atoms with Gasteiger partial charge in [-0.3, -0.25) is 5.32 Å². The molecule has 11 rings (SSSR count). The van der Waals surface area contributed by atoms with Crippen molar-refractivity contribution in [3.05, 3.63) is 107 Å². The molecule has 2 aromatic heterocycles. The van der Waals surface area contributed by atoms with Crippen LogP contribution in [0.5, 0.6) is 0 Å². The van der Waals surface area contributed by atoms with Crippen LogP contribution in [-0.4, -0.2) is 32.0 Å². The number of aromatic nitrogens is 4. The molecule has 0 amide bonds. The number of rotatable bonds is 6. The van der Waals surface area contributed by atoms with Crippen molar-refractivity contribution in [3.8, 4) is 44.8 Å². The van der Waals surface area contributed by atoms with Gasteiger partial charge in [0.15, 0.2) is 0 Å². The lowest BCUT2D eigenvalue weighted by atomic mass is 9.76. The van der Waals surface area contributed by atoms with Gasteiger partial charge in [0.25, 0.3) is 0 Å². The summed E-state index contributed by atoms with van der Waals surface area (Å²) in [5.41, 5.74) is 15.2. The van der Waals surface area contributed by atoms with Crippen molar-refractivity contribution in [2.45, 2.75) is 87.4 Å². The first kappa shape index (κ1) is 26.8. The Morgan fingerprint density at radius 3 is 1.91 bits per heavy atom. The normalized spacial score (nSPS) is 27.6. The molecule has 2 saturated carbocycles. The molecule has 6 nitrogen and oxygen atoms in total. The molecular weight excluding hydrogens is 576 g/mol. The van der Waals surface area contributed by atoms with Crippen LogP contribution in [0.1, 0.15) is 86.2 Å². The molecule has 0 bridgehead atoms. The first-order valence-corrected chi connectivity index (χ1v) is 17.9. The average Bonchev–Trinajstić information content (AvgIpc) is 3.66. The molecule has 2 aliphatic heterocycles. The van der Waals surface area contributed by atoms with Gasteiger partial charge < -0.3 is 15.3 Å². The molecule has 4 fully saturated rings. The van der Waals surface area contributed by atoms with Gasteiger partial charge in [-0.15, -0.1) is 0 Å². The fraction of sp³-hybridized carbons (Fsp3) is 0.366. The van der Waals surface area contributed by atoms with Gasteiger partial charge in [0.1, 0.15) is 11.6 Å². The zero-order valence-corrected chi connectivity index (χ0v) is 26.7. The van der Waals surface area contributed by atoms with Crippen molar-refractivity contribution in [1.29, 1.82) is 0 Å². The minimum absolute atomic E-state index is 0.316. The number of nitrogens with one attached hydrogen (secondary N) is 4. The Kier molecular flexibility index (Phi) is 5.63. The van der Waals surface area contributed by atoms with Crippen LogP contribution in [-0.2, 0) is 11.8 Å². The van der Waals surface area contributed by atoms with E-state index in [9.17, 15) is 0 Å². The van der Waals surface area contributed by atoms with E-state index in [0.29, 0.717) is 23.5 Å². The summed E-state index contributed by atoms with van der Waals surface area (Å²) in [5.74, 6) is 3.00. The van der Waals surface area contributed by atoms with Crippen LogP contribution in [0.4, 0.5) is 0 Å². The Bertz CT molecular complexity index is 2050. The number of hydrogen-bond acceptors (Lipinski definition) is 4. The second-order valence-electron chi connectivity index (χ2n) is 15.2. The third-order valence-corrected chi connectivity index (χ3v) is 12.5. The summed E-state index contributed by atoms with van der Waals surface area (Å²) in [4.78, 5) is 16.7. The van der Waals surface area contributed by atoms with Gasteiger partial charge in [-0.1, -0.05) is 79.6 Å². The number of benzene rings is 3. The van der Waals surface area contributed by atoms with E-state index in [1.54, 1.807) is 11.1 Å². The lowest BCUT2D eigenvalue weighted by Gasteiger charge is -2.28. The second-order valence-corrected chi connectivity index (χ2v) is 15.2. The van der Waals surface area contributed by atoms with Crippen LogP contribution in [0, 0.1) is 5.92 Å². The van der Waals surface area contributed by atoms with E-state index in [-0.39, 0.29) is 0 Å². The van der Waals surface area contributed by atoms with Crippen LogP contribution in [0.3, 0.4) is 0 Å². The molecule has 5 aromatic rings. The second kappa shape index (κ2) is 9.88. The third-order valence-electron chi connectivity index (χ3n) is 12.5. The third kappa shape index (κ3) is 4.31. The SMILES string of the molecule is C1=C2C[C@@H](c3ncc(-c4ccc(-c5ccc(-c6ccc(-c7cnc([C@@H]8CC9CC9N8)[nH]7)cc6)c6c5C5(CCCC5)CC6)cc4)[nH]3)NC12. The van der Waals surface area contributed by atoms with E-state index >= 15 is 0 Å². The lowest BCUT2D eigenvalue weighted by molar-refractivity contribution is 0.440. The predicted molar refractivity (Wildman–Crippen MR) is 186 cm³/mol. The summed E-state index contributed by atoms with van der Waals surface area (Å²) in [6, 6.07) is 25.2. The molecule has 234 valence electrons. The first-order valence-electron chi connectivity index (χ1n) is 17.9. The largest absolute Gasteiger partial charge is 0.341 e. The highest BCUT2D eigenvalue weighted by Gasteiger charge is 2.47. The molecule has 3 unspecified atom stereocenters. The molecule has 5 atom stereocenters. The van der Waals surface area contributed by atoms with Gasteiger partial charge in [-0.05, 0) is 106 Å². The number of fused-ring (bicyclic) bond motifs is 4. The van der Waals surface area contributed by atoms with E-state index in [1.807, 2.05) is 12.4 Å². The molecule has 1 spiro atoms. The molecule has 0 radical (unpaired) electrons. The van der Waals surface area contributed by atoms with Crippen molar-refractivity contribution >= 4 is 0 Å². The molecule has 6 heteroatoms. The highest BCUT2D eigenvalue weighted by atomic mass is 15.1. The van der Waals surface area contributed by atoms with Crippen LogP contribution in [0.15, 0.2) is 84.7 Å². The fourth-order valence-electron chi connectivity index (χ4n) is 9.78. The van der Waals surface area contributed by atoms with Gasteiger partial charge in [0.2, 0.25) is 0 Å². The summed E-state index contributed by atoms with van der Waals surface area (Å²) >= 11 is 0. The van der Waals surface area contributed by atoms with Crippen LogP contribution >= 0.6 is 0 Å². The zero-order chi connectivity index (χ0) is 30.7. The number of H-pyrrole nitrogens is 2. The Morgan fingerprint density at radius 1 is 0.638 bits per heavy atom. The van der Waals surface area contributed by atoms with Crippen molar-refractivity contribution in [3.63, 3.8) is 0 Å². The maximum atomic E-state index is 4.75. The lowest BCUT2D eigenvalue weighted by Crippen LogP contribution is -2.19. The van der Waals surface area contributed by atoms with Crippen LogP contribution < -0.4 is 10.6 Å². The summed E-state index contributed by atoms with van der Waals surface area (Å²) in [6.45, 7) is 0. The quantitative estimate of drug-likeness (QED) is 0.145. The Morgan fingerprint density at radius 2 is 1.28 bits per heavy atom. The van der Waals surface area contributed by atoms with E-state index in [4.69, 9.17) is 9.97 Å². The van der Waals surface area contributed by atoms with Crippen LogP contribution in [0.2, 0.25) is 0 Å². The van der Waals surface area contributed by atoms with Crippen LogP contribution in [0.25, 0.3) is 44.8 Å². The molecule has 6 aliphatic rings. The smallest absolute Gasteiger partial charge is 0.124 e. The fourth-order valence-corrected chi connectivity index (χ4v) is 9.78. The Labute approximate surface area is 275 Å². The van der Waals surface area contributed by atoms with Crippen molar-refractivity contribution in [2.24, 2.45) is 5.92 Å². The molecule has 3 aromatic carbocycles.